The number of amides is 1. The smallest absolute Gasteiger partial charge is 0.239 e. The lowest BCUT2D eigenvalue weighted by molar-refractivity contribution is -0.121. The van der Waals surface area contributed by atoms with E-state index in [0.717, 1.165) is 16.7 Å². The minimum absolute atomic E-state index is 0.0233. The number of aromatic nitrogens is 1. The van der Waals surface area contributed by atoms with Crippen LogP contribution >= 0.6 is 0 Å². The molecule has 102 valence electrons. The summed E-state index contributed by atoms with van der Waals surface area (Å²) in [5.41, 5.74) is 1.02. The molecule has 1 aromatic heterocycles. The van der Waals surface area contributed by atoms with Gasteiger partial charge in [-0.2, -0.15) is 0 Å². The molecule has 1 amide bonds. The molecule has 0 saturated carbocycles. The highest BCUT2D eigenvalue weighted by Crippen LogP contribution is 2.27. The molecule has 1 heterocycles. The number of fused-ring (bicyclic) bond motifs is 1. The van der Waals surface area contributed by atoms with Gasteiger partial charge < -0.3 is 14.6 Å². The van der Waals surface area contributed by atoms with Crippen molar-refractivity contribution in [3.05, 3.63) is 30.5 Å². The average Bonchev–Trinajstić information content (AvgIpc) is 2.73. The molecule has 0 radical (unpaired) electrons. The fourth-order valence-corrected chi connectivity index (χ4v) is 2.10. The van der Waals surface area contributed by atoms with Crippen LogP contribution in [0.25, 0.3) is 10.9 Å². The molecule has 0 fully saturated rings. The number of rotatable bonds is 5. The van der Waals surface area contributed by atoms with Crippen molar-refractivity contribution in [2.75, 3.05) is 6.54 Å². The zero-order valence-corrected chi connectivity index (χ0v) is 11.6. The van der Waals surface area contributed by atoms with Gasteiger partial charge in [0.2, 0.25) is 5.91 Å². The molecule has 0 atom stereocenters. The highest BCUT2D eigenvalue weighted by Gasteiger charge is 2.09. The molecular formula is C15H20N2O2. The van der Waals surface area contributed by atoms with Crippen LogP contribution in [0.2, 0.25) is 0 Å². The third-order valence-corrected chi connectivity index (χ3v) is 2.82. The van der Waals surface area contributed by atoms with Gasteiger partial charge >= 0.3 is 0 Å². The number of likely N-dealkylation sites (N-methyl/N-ethyl adjacent to an activating group) is 1. The molecule has 1 N–H and O–H groups in total. The van der Waals surface area contributed by atoms with Gasteiger partial charge in [0.25, 0.3) is 0 Å². The second kappa shape index (κ2) is 5.78. The molecule has 0 saturated heterocycles. The summed E-state index contributed by atoms with van der Waals surface area (Å²) in [6.07, 6.45) is 2.06. The fourth-order valence-electron chi connectivity index (χ4n) is 2.10. The van der Waals surface area contributed by atoms with Crippen molar-refractivity contribution < 1.29 is 9.53 Å². The van der Waals surface area contributed by atoms with E-state index in [2.05, 4.69) is 5.32 Å². The first-order valence-corrected chi connectivity index (χ1v) is 6.63. The van der Waals surface area contributed by atoms with Gasteiger partial charge in [-0.25, -0.2) is 0 Å². The van der Waals surface area contributed by atoms with E-state index >= 15 is 0 Å². The van der Waals surface area contributed by atoms with Crippen LogP contribution in [0.15, 0.2) is 30.5 Å². The van der Waals surface area contributed by atoms with Gasteiger partial charge in [0.15, 0.2) is 0 Å². The zero-order valence-electron chi connectivity index (χ0n) is 11.6. The molecule has 4 nitrogen and oxygen atoms in total. The van der Waals surface area contributed by atoms with E-state index in [1.807, 2.05) is 55.8 Å². The molecule has 0 spiro atoms. The van der Waals surface area contributed by atoms with Crippen LogP contribution in [-0.2, 0) is 11.3 Å². The zero-order chi connectivity index (χ0) is 13.8. The number of hydrogen-bond donors (Lipinski definition) is 1. The molecule has 2 rings (SSSR count). The van der Waals surface area contributed by atoms with Crippen molar-refractivity contribution in [3.63, 3.8) is 0 Å². The summed E-state index contributed by atoms with van der Waals surface area (Å²) in [4.78, 5) is 11.7. The molecule has 0 bridgehead atoms. The van der Waals surface area contributed by atoms with Crippen molar-refractivity contribution in [3.8, 4) is 5.75 Å². The Morgan fingerprint density at radius 2 is 2.16 bits per heavy atom. The summed E-state index contributed by atoms with van der Waals surface area (Å²) in [6.45, 7) is 6.91. The Balaban J connectivity index is 2.30. The van der Waals surface area contributed by atoms with Crippen molar-refractivity contribution >= 4 is 16.8 Å². The first kappa shape index (κ1) is 13.5. The van der Waals surface area contributed by atoms with Gasteiger partial charge in [-0.1, -0.05) is 6.07 Å². The summed E-state index contributed by atoms with van der Waals surface area (Å²) in [7, 11) is 0. The monoisotopic (exact) mass is 260 g/mol. The van der Waals surface area contributed by atoms with Crippen molar-refractivity contribution in [1.82, 2.24) is 9.88 Å². The van der Waals surface area contributed by atoms with Crippen LogP contribution in [0.1, 0.15) is 20.8 Å². The maximum absolute atomic E-state index is 11.7. The second-order valence-corrected chi connectivity index (χ2v) is 4.75. The van der Waals surface area contributed by atoms with Crippen LogP contribution in [0.5, 0.6) is 5.75 Å². The number of carbonyl (C=O) groups is 1. The maximum Gasteiger partial charge on any atom is 0.239 e. The minimum Gasteiger partial charge on any atom is -0.490 e. The quantitative estimate of drug-likeness (QED) is 0.898. The van der Waals surface area contributed by atoms with Crippen molar-refractivity contribution in [2.45, 2.75) is 33.4 Å². The van der Waals surface area contributed by atoms with E-state index in [0.29, 0.717) is 13.1 Å². The average molecular weight is 260 g/mol. The molecule has 0 unspecified atom stereocenters. The highest BCUT2D eigenvalue weighted by atomic mass is 16.5. The maximum atomic E-state index is 11.7. The standard InChI is InChI=1S/C15H20N2O2/c1-4-16-15(18)10-17-9-8-12-13(17)6-5-7-14(12)19-11(2)3/h5-9,11H,4,10H2,1-3H3,(H,16,18). The van der Waals surface area contributed by atoms with Gasteiger partial charge in [-0.3, -0.25) is 4.79 Å². The van der Waals surface area contributed by atoms with Crippen LogP contribution < -0.4 is 10.1 Å². The summed E-state index contributed by atoms with van der Waals surface area (Å²) >= 11 is 0. The first-order chi connectivity index (χ1) is 9.11. The fraction of sp³-hybridized carbons (Fsp3) is 0.400. The summed E-state index contributed by atoms with van der Waals surface area (Å²) in [6, 6.07) is 7.90. The van der Waals surface area contributed by atoms with E-state index in [4.69, 9.17) is 4.74 Å². The third-order valence-electron chi connectivity index (χ3n) is 2.82. The summed E-state index contributed by atoms with van der Waals surface area (Å²) < 4.78 is 7.72. The third kappa shape index (κ3) is 3.08. The van der Waals surface area contributed by atoms with Crippen molar-refractivity contribution in [1.29, 1.82) is 0 Å². The molecule has 2 aromatic rings. The SMILES string of the molecule is CCNC(=O)Cn1ccc2c(OC(C)C)cccc21. The number of ether oxygens (including phenoxy) is 1. The molecule has 4 heteroatoms. The topological polar surface area (TPSA) is 43.3 Å². The number of nitrogens with one attached hydrogen (secondary N) is 1. The van der Waals surface area contributed by atoms with Crippen LogP contribution in [0, 0.1) is 0 Å². The predicted molar refractivity (Wildman–Crippen MR) is 76.4 cm³/mol. The Kier molecular flexibility index (Phi) is 4.10. The molecule has 0 aliphatic heterocycles. The Labute approximate surface area is 113 Å². The normalized spacial score (nSPS) is 10.9. The lowest BCUT2D eigenvalue weighted by Crippen LogP contribution is -2.26. The Morgan fingerprint density at radius 3 is 2.84 bits per heavy atom. The molecule has 1 aromatic carbocycles. The summed E-state index contributed by atoms with van der Waals surface area (Å²) in [5, 5.41) is 3.85. The van der Waals surface area contributed by atoms with Gasteiger partial charge in [-0.15, -0.1) is 0 Å². The largest absolute Gasteiger partial charge is 0.490 e. The first-order valence-electron chi connectivity index (χ1n) is 6.63. The van der Waals surface area contributed by atoms with Gasteiger partial charge in [0.05, 0.1) is 11.6 Å². The molecule has 0 aliphatic rings. The Hall–Kier alpha value is -1.97. The van der Waals surface area contributed by atoms with Crippen LogP contribution in [0.4, 0.5) is 0 Å². The molecule has 19 heavy (non-hydrogen) atoms. The van der Waals surface area contributed by atoms with Crippen LogP contribution in [-0.4, -0.2) is 23.1 Å². The molecular weight excluding hydrogens is 240 g/mol. The van der Waals surface area contributed by atoms with Crippen molar-refractivity contribution in [2.24, 2.45) is 0 Å². The Morgan fingerprint density at radius 1 is 1.37 bits per heavy atom. The lowest BCUT2D eigenvalue weighted by atomic mass is 10.2. The van der Waals surface area contributed by atoms with E-state index < -0.39 is 0 Å². The Bertz CT molecular complexity index is 573. The second-order valence-electron chi connectivity index (χ2n) is 4.75. The van der Waals surface area contributed by atoms with E-state index in [1.165, 1.54) is 0 Å². The highest BCUT2D eigenvalue weighted by molar-refractivity contribution is 5.88. The lowest BCUT2D eigenvalue weighted by Gasteiger charge is -2.11. The number of carbonyl (C=O) groups excluding carboxylic acids is 1. The van der Waals surface area contributed by atoms with E-state index in [-0.39, 0.29) is 12.0 Å². The van der Waals surface area contributed by atoms with Gasteiger partial charge in [0, 0.05) is 18.1 Å². The van der Waals surface area contributed by atoms with Gasteiger partial charge in [-0.05, 0) is 39.0 Å². The molecule has 0 aliphatic carbocycles. The van der Waals surface area contributed by atoms with E-state index in [1.54, 1.807) is 0 Å². The predicted octanol–water partition coefficient (Wildman–Crippen LogP) is 2.56. The number of benzene rings is 1. The van der Waals surface area contributed by atoms with E-state index in [9.17, 15) is 4.79 Å². The van der Waals surface area contributed by atoms with Crippen LogP contribution in [0.3, 0.4) is 0 Å². The number of nitrogens with zero attached hydrogens (tertiary/aromatic N) is 1. The summed E-state index contributed by atoms with van der Waals surface area (Å²) in [5.74, 6) is 0.886. The minimum atomic E-state index is 0.0233. The van der Waals surface area contributed by atoms with Gasteiger partial charge in [0.1, 0.15) is 12.3 Å². The number of hydrogen-bond acceptors (Lipinski definition) is 2.